The van der Waals surface area contributed by atoms with E-state index in [-0.39, 0.29) is 12.5 Å². The summed E-state index contributed by atoms with van der Waals surface area (Å²) in [6, 6.07) is 14.4. The van der Waals surface area contributed by atoms with Gasteiger partial charge in [-0.3, -0.25) is 4.79 Å². The lowest BCUT2D eigenvalue weighted by Gasteiger charge is -2.15. The van der Waals surface area contributed by atoms with E-state index >= 15 is 0 Å². The van der Waals surface area contributed by atoms with Gasteiger partial charge in [0.2, 0.25) is 0 Å². The molecule has 1 aromatic heterocycles. The number of ether oxygens (including phenoxy) is 4. The zero-order valence-electron chi connectivity index (χ0n) is 19.0. The quantitative estimate of drug-likeness (QED) is 0.400. The maximum absolute atomic E-state index is 12.8. The van der Waals surface area contributed by atoms with E-state index < -0.39 is 12.1 Å². The maximum Gasteiger partial charge on any atom is 0.341 e. The number of methoxy groups -OCH3 is 1. The molecule has 1 unspecified atom stereocenters. The lowest BCUT2D eigenvalue weighted by atomic mass is 10.0. The SMILES string of the molecule is CCOC(=O)c1c(-c2ccc(OCC)cc2)csc1NC(=O)C(C)Oc1cccc(OC)c1. The Morgan fingerprint density at radius 2 is 1.73 bits per heavy atom. The summed E-state index contributed by atoms with van der Waals surface area (Å²) in [5.74, 6) is 0.987. The number of anilines is 1. The van der Waals surface area contributed by atoms with Crippen LogP contribution in [-0.4, -0.2) is 38.3 Å². The Kier molecular flexibility index (Phi) is 8.32. The molecule has 7 nitrogen and oxygen atoms in total. The van der Waals surface area contributed by atoms with E-state index in [2.05, 4.69) is 5.32 Å². The summed E-state index contributed by atoms with van der Waals surface area (Å²) in [4.78, 5) is 25.6. The van der Waals surface area contributed by atoms with Gasteiger partial charge in [-0.25, -0.2) is 4.79 Å². The number of hydrogen-bond acceptors (Lipinski definition) is 7. The van der Waals surface area contributed by atoms with Gasteiger partial charge in [-0.15, -0.1) is 11.3 Å². The first kappa shape index (κ1) is 24.1. The Morgan fingerprint density at radius 1 is 1.00 bits per heavy atom. The number of nitrogens with one attached hydrogen (secondary N) is 1. The van der Waals surface area contributed by atoms with Crippen LogP contribution in [0.4, 0.5) is 5.00 Å². The molecule has 0 aliphatic rings. The van der Waals surface area contributed by atoms with E-state index in [1.54, 1.807) is 45.2 Å². The molecular formula is C25H27NO6S. The van der Waals surface area contributed by atoms with Gasteiger partial charge < -0.3 is 24.3 Å². The first-order chi connectivity index (χ1) is 16.0. The highest BCUT2D eigenvalue weighted by Crippen LogP contribution is 2.37. The minimum Gasteiger partial charge on any atom is -0.497 e. The van der Waals surface area contributed by atoms with Gasteiger partial charge in [0.15, 0.2) is 6.10 Å². The molecule has 3 aromatic rings. The first-order valence-electron chi connectivity index (χ1n) is 10.6. The Hall–Kier alpha value is -3.52. The largest absolute Gasteiger partial charge is 0.497 e. The summed E-state index contributed by atoms with van der Waals surface area (Å²) < 4.78 is 21.7. The van der Waals surface area contributed by atoms with E-state index in [4.69, 9.17) is 18.9 Å². The fourth-order valence-electron chi connectivity index (χ4n) is 3.11. The highest BCUT2D eigenvalue weighted by atomic mass is 32.1. The van der Waals surface area contributed by atoms with Crippen LogP contribution in [0.25, 0.3) is 11.1 Å². The van der Waals surface area contributed by atoms with E-state index in [0.717, 1.165) is 11.3 Å². The van der Waals surface area contributed by atoms with Crippen LogP contribution in [0.1, 0.15) is 31.1 Å². The molecule has 2 aromatic carbocycles. The third-order valence-corrected chi connectivity index (χ3v) is 5.60. The Morgan fingerprint density at radius 3 is 2.39 bits per heavy atom. The molecule has 0 saturated carbocycles. The van der Waals surface area contributed by atoms with E-state index in [9.17, 15) is 9.59 Å². The monoisotopic (exact) mass is 469 g/mol. The summed E-state index contributed by atoms with van der Waals surface area (Å²) >= 11 is 1.26. The highest BCUT2D eigenvalue weighted by molar-refractivity contribution is 7.15. The molecule has 1 amide bonds. The molecule has 0 fully saturated rings. The number of rotatable bonds is 10. The minimum atomic E-state index is -0.803. The number of amides is 1. The van der Waals surface area contributed by atoms with Crippen molar-refractivity contribution in [3.8, 4) is 28.4 Å². The van der Waals surface area contributed by atoms with Crippen LogP contribution in [0.5, 0.6) is 17.2 Å². The van der Waals surface area contributed by atoms with Crippen LogP contribution in [0.2, 0.25) is 0 Å². The van der Waals surface area contributed by atoms with Gasteiger partial charge in [-0.05, 0) is 50.6 Å². The summed E-state index contributed by atoms with van der Waals surface area (Å²) in [5.41, 5.74) is 1.81. The molecule has 0 aliphatic carbocycles. The summed E-state index contributed by atoms with van der Waals surface area (Å²) in [5, 5.41) is 5.05. The van der Waals surface area contributed by atoms with Crippen LogP contribution in [-0.2, 0) is 9.53 Å². The fourth-order valence-corrected chi connectivity index (χ4v) is 4.07. The summed E-state index contributed by atoms with van der Waals surface area (Å²) in [7, 11) is 1.56. The number of benzene rings is 2. The molecule has 8 heteroatoms. The topological polar surface area (TPSA) is 83.1 Å². The van der Waals surface area contributed by atoms with Gasteiger partial charge in [0.05, 0.1) is 20.3 Å². The average molecular weight is 470 g/mol. The van der Waals surface area contributed by atoms with Gasteiger partial charge in [-0.1, -0.05) is 18.2 Å². The van der Waals surface area contributed by atoms with Crippen molar-refractivity contribution in [3.63, 3.8) is 0 Å². The Bertz CT molecular complexity index is 1090. The normalized spacial score (nSPS) is 11.4. The minimum absolute atomic E-state index is 0.222. The van der Waals surface area contributed by atoms with Crippen LogP contribution in [0, 0.1) is 0 Å². The maximum atomic E-state index is 12.8. The zero-order chi connectivity index (χ0) is 23.8. The number of hydrogen-bond donors (Lipinski definition) is 1. The standard InChI is InChI=1S/C25H27NO6S/c1-5-30-18-12-10-17(11-13-18)21-15-33-24(22(21)25(28)31-6-2)26-23(27)16(3)32-20-9-7-8-19(14-20)29-4/h7-16H,5-6H2,1-4H3,(H,26,27). The van der Waals surface area contributed by atoms with E-state index in [1.165, 1.54) is 11.3 Å². The van der Waals surface area contributed by atoms with Crippen molar-refractivity contribution in [2.75, 3.05) is 25.6 Å². The zero-order valence-corrected chi connectivity index (χ0v) is 19.9. The molecule has 0 radical (unpaired) electrons. The summed E-state index contributed by atoms with van der Waals surface area (Å²) in [6.07, 6.45) is -0.803. The molecule has 1 N–H and O–H groups in total. The van der Waals surface area contributed by atoms with E-state index in [0.29, 0.717) is 34.2 Å². The lowest BCUT2D eigenvalue weighted by Crippen LogP contribution is -2.30. The number of carbonyl (C=O) groups excluding carboxylic acids is 2. The lowest BCUT2D eigenvalue weighted by molar-refractivity contribution is -0.122. The predicted octanol–water partition coefficient (Wildman–Crippen LogP) is 5.41. The van der Waals surface area contributed by atoms with Crippen LogP contribution >= 0.6 is 11.3 Å². The van der Waals surface area contributed by atoms with Gasteiger partial charge in [-0.2, -0.15) is 0 Å². The van der Waals surface area contributed by atoms with E-state index in [1.807, 2.05) is 36.6 Å². The predicted molar refractivity (Wildman–Crippen MR) is 129 cm³/mol. The van der Waals surface area contributed by atoms with Crippen molar-refractivity contribution in [2.45, 2.75) is 26.9 Å². The van der Waals surface area contributed by atoms with Crippen molar-refractivity contribution in [1.29, 1.82) is 0 Å². The molecule has 0 spiro atoms. The molecule has 33 heavy (non-hydrogen) atoms. The Labute approximate surface area is 197 Å². The molecule has 1 heterocycles. The molecule has 0 bridgehead atoms. The Balaban J connectivity index is 1.82. The fraction of sp³-hybridized carbons (Fsp3) is 0.280. The number of esters is 1. The van der Waals surface area contributed by atoms with Gasteiger partial charge in [0, 0.05) is 17.0 Å². The van der Waals surface area contributed by atoms with Crippen molar-refractivity contribution in [3.05, 3.63) is 59.5 Å². The second kappa shape index (κ2) is 11.4. The van der Waals surface area contributed by atoms with Crippen molar-refractivity contribution >= 4 is 28.2 Å². The first-order valence-corrected chi connectivity index (χ1v) is 11.5. The molecule has 0 saturated heterocycles. The van der Waals surface area contributed by atoms with Crippen LogP contribution in [0.15, 0.2) is 53.9 Å². The van der Waals surface area contributed by atoms with Crippen LogP contribution < -0.4 is 19.5 Å². The molecule has 0 aliphatic heterocycles. The number of carbonyl (C=O) groups is 2. The number of thiophene rings is 1. The van der Waals surface area contributed by atoms with Crippen molar-refractivity contribution < 1.29 is 28.5 Å². The van der Waals surface area contributed by atoms with Crippen LogP contribution in [0.3, 0.4) is 0 Å². The highest BCUT2D eigenvalue weighted by Gasteiger charge is 2.25. The van der Waals surface area contributed by atoms with Gasteiger partial charge in [0.1, 0.15) is 27.8 Å². The molecular weight excluding hydrogens is 442 g/mol. The molecule has 1 atom stereocenters. The third kappa shape index (κ3) is 6.04. The smallest absolute Gasteiger partial charge is 0.341 e. The molecule has 3 rings (SSSR count). The average Bonchev–Trinajstić information content (AvgIpc) is 3.23. The van der Waals surface area contributed by atoms with Crippen molar-refractivity contribution in [2.24, 2.45) is 0 Å². The second-order valence-electron chi connectivity index (χ2n) is 6.96. The van der Waals surface area contributed by atoms with Gasteiger partial charge in [0.25, 0.3) is 5.91 Å². The summed E-state index contributed by atoms with van der Waals surface area (Å²) in [6.45, 7) is 6.08. The van der Waals surface area contributed by atoms with Crippen molar-refractivity contribution in [1.82, 2.24) is 0 Å². The molecule has 174 valence electrons. The second-order valence-corrected chi connectivity index (χ2v) is 7.84. The van der Waals surface area contributed by atoms with Gasteiger partial charge >= 0.3 is 5.97 Å². The third-order valence-electron chi connectivity index (χ3n) is 4.71.